The van der Waals surface area contributed by atoms with E-state index in [9.17, 15) is 10.2 Å². The molecule has 0 radical (unpaired) electrons. The molecule has 0 bridgehead atoms. The van der Waals surface area contributed by atoms with Gasteiger partial charge in [0.25, 0.3) is 0 Å². The Labute approximate surface area is 220 Å². The molecule has 0 amide bonds. The van der Waals surface area contributed by atoms with Crippen molar-refractivity contribution in [1.29, 1.82) is 0 Å². The molecule has 2 aromatic rings. The van der Waals surface area contributed by atoms with Crippen molar-refractivity contribution >= 4 is 0 Å². The van der Waals surface area contributed by atoms with Gasteiger partial charge in [0.2, 0.25) is 0 Å². The molecule has 2 aromatic carbocycles. The Kier molecular flexibility index (Phi) is 10.2. The van der Waals surface area contributed by atoms with Gasteiger partial charge >= 0.3 is 0 Å². The zero-order valence-corrected chi connectivity index (χ0v) is 22.8. The fraction of sp³-hybridized carbons (Fsp3) is 0.647. The number of aromatic hydroxyl groups is 2. The molecule has 198 valence electrons. The molecule has 0 atom stereocenters. The number of phenolic OH excluding ortho intramolecular Hbond substituents is 2. The summed E-state index contributed by atoms with van der Waals surface area (Å²) in [6, 6.07) is 15.8. The van der Waals surface area contributed by atoms with Crippen molar-refractivity contribution in [3.05, 3.63) is 59.7 Å². The van der Waals surface area contributed by atoms with Crippen LogP contribution in [0.25, 0.3) is 0 Å². The van der Waals surface area contributed by atoms with E-state index in [2.05, 4.69) is 31.2 Å². The largest absolute Gasteiger partial charge is 0.508 e. The first-order valence-electron chi connectivity index (χ1n) is 15.2. The van der Waals surface area contributed by atoms with Crippen molar-refractivity contribution in [3.63, 3.8) is 0 Å². The van der Waals surface area contributed by atoms with Crippen LogP contribution in [0.1, 0.15) is 127 Å². The molecule has 0 aromatic heterocycles. The van der Waals surface area contributed by atoms with Gasteiger partial charge in [0.1, 0.15) is 11.5 Å². The van der Waals surface area contributed by atoms with E-state index < -0.39 is 0 Å². The number of benzene rings is 2. The van der Waals surface area contributed by atoms with Crippen molar-refractivity contribution in [2.24, 2.45) is 17.8 Å². The Morgan fingerprint density at radius 1 is 0.583 bits per heavy atom. The Morgan fingerprint density at radius 3 is 1.53 bits per heavy atom. The molecular formula is C34H50O2. The summed E-state index contributed by atoms with van der Waals surface area (Å²) in [7, 11) is 0. The monoisotopic (exact) mass is 490 g/mol. The van der Waals surface area contributed by atoms with E-state index >= 15 is 0 Å². The fourth-order valence-corrected chi connectivity index (χ4v) is 7.42. The zero-order valence-electron chi connectivity index (χ0n) is 22.8. The first-order valence-corrected chi connectivity index (χ1v) is 15.2. The minimum absolute atomic E-state index is 0.00829. The third-order valence-electron chi connectivity index (χ3n) is 9.75. The van der Waals surface area contributed by atoms with Gasteiger partial charge in [-0.15, -0.1) is 0 Å². The van der Waals surface area contributed by atoms with Gasteiger partial charge in [0.15, 0.2) is 0 Å². The SMILES string of the molecule is CCCCCCCCCC[C@H]1CC[C@@H](C2CCC(c3ccc(O)cc3)(c3ccc(O)cc3)CC2)CC1. The lowest BCUT2D eigenvalue weighted by atomic mass is 9.60. The Balaban J connectivity index is 1.25. The summed E-state index contributed by atoms with van der Waals surface area (Å²) in [5, 5.41) is 19.7. The highest BCUT2D eigenvalue weighted by molar-refractivity contribution is 5.43. The normalized spacial score (nSPS) is 22.5. The molecule has 0 heterocycles. The summed E-state index contributed by atoms with van der Waals surface area (Å²) in [6.07, 6.45) is 23.6. The van der Waals surface area contributed by atoms with Gasteiger partial charge in [-0.2, -0.15) is 0 Å². The zero-order chi connectivity index (χ0) is 25.2. The Morgan fingerprint density at radius 2 is 1.03 bits per heavy atom. The predicted octanol–water partition coefficient (Wildman–Crippen LogP) is 9.91. The van der Waals surface area contributed by atoms with E-state index in [-0.39, 0.29) is 5.41 Å². The van der Waals surface area contributed by atoms with Crippen molar-refractivity contribution in [2.45, 2.75) is 121 Å². The highest BCUT2D eigenvalue weighted by atomic mass is 16.3. The van der Waals surface area contributed by atoms with Crippen molar-refractivity contribution in [2.75, 3.05) is 0 Å². The van der Waals surface area contributed by atoms with Crippen LogP contribution in [-0.4, -0.2) is 10.2 Å². The van der Waals surface area contributed by atoms with Crippen molar-refractivity contribution < 1.29 is 10.2 Å². The number of hydrogen-bond acceptors (Lipinski definition) is 2. The van der Waals surface area contributed by atoms with Gasteiger partial charge in [-0.05, 0) is 91.7 Å². The molecular weight excluding hydrogens is 440 g/mol. The second-order valence-electron chi connectivity index (χ2n) is 12.1. The third kappa shape index (κ3) is 7.08. The van der Waals surface area contributed by atoms with Crippen LogP contribution >= 0.6 is 0 Å². The molecule has 2 nitrogen and oxygen atoms in total. The van der Waals surface area contributed by atoms with E-state index in [1.807, 2.05) is 24.3 Å². The van der Waals surface area contributed by atoms with Gasteiger partial charge < -0.3 is 10.2 Å². The maximum absolute atomic E-state index is 9.87. The van der Waals surface area contributed by atoms with Crippen LogP contribution in [0.2, 0.25) is 0 Å². The standard InChI is InChI=1S/C34H50O2/c1-2-3-4-5-6-7-8-9-10-27-11-13-28(14-12-27)29-23-25-34(26-24-29,30-15-19-32(35)20-16-30)31-17-21-33(36)22-18-31/h15-22,27-29,35-36H,2-14,23-26H2,1H3/t27-,28+. The Bertz CT molecular complexity index is 821. The molecule has 2 aliphatic rings. The highest BCUT2D eigenvalue weighted by Gasteiger charge is 2.40. The quantitative estimate of drug-likeness (QED) is 0.291. The topological polar surface area (TPSA) is 40.5 Å². The van der Waals surface area contributed by atoms with Gasteiger partial charge in [-0.1, -0.05) is 102 Å². The van der Waals surface area contributed by atoms with E-state index in [1.54, 1.807) is 0 Å². The first kappa shape index (κ1) is 27.1. The first-order chi connectivity index (χ1) is 17.6. The summed E-state index contributed by atoms with van der Waals surface area (Å²) in [5.41, 5.74) is 2.60. The molecule has 2 saturated carbocycles. The van der Waals surface area contributed by atoms with Crippen molar-refractivity contribution in [1.82, 2.24) is 0 Å². The molecule has 2 heteroatoms. The minimum atomic E-state index is -0.00829. The van der Waals surface area contributed by atoms with Gasteiger partial charge in [-0.3, -0.25) is 0 Å². The van der Waals surface area contributed by atoms with Gasteiger partial charge in [-0.25, -0.2) is 0 Å². The van der Waals surface area contributed by atoms with E-state index in [1.165, 1.54) is 107 Å². The predicted molar refractivity (Wildman–Crippen MR) is 152 cm³/mol. The van der Waals surface area contributed by atoms with Crippen LogP contribution < -0.4 is 0 Å². The van der Waals surface area contributed by atoms with E-state index in [0.29, 0.717) is 11.5 Å². The molecule has 2 N–H and O–H groups in total. The average Bonchev–Trinajstić information content (AvgIpc) is 2.91. The second kappa shape index (κ2) is 13.5. The fourth-order valence-electron chi connectivity index (χ4n) is 7.42. The summed E-state index contributed by atoms with van der Waals surface area (Å²) in [5.74, 6) is 3.42. The lowest BCUT2D eigenvalue weighted by Crippen LogP contribution is -2.35. The van der Waals surface area contributed by atoms with Crippen LogP contribution in [0.15, 0.2) is 48.5 Å². The molecule has 36 heavy (non-hydrogen) atoms. The molecule has 0 saturated heterocycles. The number of hydrogen-bond donors (Lipinski definition) is 2. The minimum Gasteiger partial charge on any atom is -0.508 e. The number of unbranched alkanes of at least 4 members (excludes halogenated alkanes) is 7. The van der Waals surface area contributed by atoms with Gasteiger partial charge in [0, 0.05) is 5.41 Å². The van der Waals surface area contributed by atoms with Crippen LogP contribution in [0, 0.1) is 17.8 Å². The molecule has 2 aliphatic carbocycles. The molecule has 4 rings (SSSR count). The third-order valence-corrected chi connectivity index (χ3v) is 9.75. The smallest absolute Gasteiger partial charge is 0.115 e. The number of rotatable bonds is 12. The van der Waals surface area contributed by atoms with Crippen LogP contribution in [-0.2, 0) is 5.41 Å². The van der Waals surface area contributed by atoms with Crippen LogP contribution in [0.5, 0.6) is 11.5 Å². The van der Waals surface area contributed by atoms with E-state index in [4.69, 9.17) is 0 Å². The molecule has 0 spiro atoms. The highest BCUT2D eigenvalue weighted by Crippen LogP contribution is 2.50. The van der Waals surface area contributed by atoms with Crippen LogP contribution in [0.3, 0.4) is 0 Å². The summed E-state index contributed by atoms with van der Waals surface area (Å²) < 4.78 is 0. The van der Waals surface area contributed by atoms with E-state index in [0.717, 1.165) is 30.6 Å². The Hall–Kier alpha value is -1.96. The summed E-state index contributed by atoms with van der Waals surface area (Å²) in [6.45, 7) is 2.30. The maximum Gasteiger partial charge on any atom is 0.115 e. The second-order valence-corrected chi connectivity index (χ2v) is 12.1. The lowest BCUT2D eigenvalue weighted by Gasteiger charge is -2.44. The summed E-state index contributed by atoms with van der Waals surface area (Å²) in [4.78, 5) is 0. The van der Waals surface area contributed by atoms with Crippen molar-refractivity contribution in [3.8, 4) is 11.5 Å². The molecule has 0 unspecified atom stereocenters. The molecule has 2 fully saturated rings. The number of phenols is 2. The molecule has 0 aliphatic heterocycles. The maximum atomic E-state index is 9.87. The van der Waals surface area contributed by atoms with Crippen LogP contribution in [0.4, 0.5) is 0 Å². The van der Waals surface area contributed by atoms with Gasteiger partial charge in [0.05, 0.1) is 0 Å². The average molecular weight is 491 g/mol. The lowest BCUT2D eigenvalue weighted by molar-refractivity contribution is 0.140. The summed E-state index contributed by atoms with van der Waals surface area (Å²) >= 11 is 0.